The van der Waals surface area contributed by atoms with Crippen LogP contribution in [0.15, 0.2) is 73.3 Å². The molecule has 2 aromatic carbocycles. The van der Waals surface area contributed by atoms with Gasteiger partial charge in [0.15, 0.2) is 0 Å². The van der Waals surface area contributed by atoms with E-state index < -0.39 is 0 Å². The lowest BCUT2D eigenvalue weighted by Gasteiger charge is -2.27. The van der Waals surface area contributed by atoms with E-state index in [1.165, 1.54) is 16.7 Å². The van der Waals surface area contributed by atoms with Crippen molar-refractivity contribution in [3.05, 3.63) is 90.0 Å². The highest BCUT2D eigenvalue weighted by Gasteiger charge is 2.19. The van der Waals surface area contributed by atoms with Crippen molar-refractivity contribution in [1.29, 1.82) is 0 Å². The lowest BCUT2D eigenvalue weighted by molar-refractivity contribution is 0.124. The van der Waals surface area contributed by atoms with E-state index in [1.807, 2.05) is 36.9 Å². The van der Waals surface area contributed by atoms with E-state index in [4.69, 9.17) is 4.74 Å². The van der Waals surface area contributed by atoms with Crippen LogP contribution in [0.5, 0.6) is 0 Å². The predicted octanol–water partition coefficient (Wildman–Crippen LogP) is 4.56. The highest BCUT2D eigenvalue weighted by atomic mass is 16.5. The Balaban J connectivity index is 1.39. The van der Waals surface area contributed by atoms with Gasteiger partial charge in [-0.3, -0.25) is 0 Å². The van der Waals surface area contributed by atoms with Crippen LogP contribution in [0.25, 0.3) is 0 Å². The maximum Gasteiger partial charge on any atom is 0.0945 e. The zero-order valence-corrected chi connectivity index (χ0v) is 17.0. The summed E-state index contributed by atoms with van der Waals surface area (Å²) in [5, 5.41) is 3.67. The Hall–Kier alpha value is -2.43. The standard InChI is InChI=1S/C24H31N3O/c1-24(2,26-14-6-16-27-17-15-25-20-27)23-11-9-21(10-12-23)13-18-28-19-22-7-4-3-5-8-22/h3-5,7-12,15,17,20,26H,6,13-14,16,18-19H2,1-2H3. The summed E-state index contributed by atoms with van der Waals surface area (Å²) in [6.07, 6.45) is 7.72. The lowest BCUT2D eigenvalue weighted by Crippen LogP contribution is -2.37. The minimum Gasteiger partial charge on any atom is -0.376 e. The minimum absolute atomic E-state index is 0.0444. The number of aryl methyl sites for hydroxylation is 1. The van der Waals surface area contributed by atoms with Crippen LogP contribution in [0.3, 0.4) is 0 Å². The van der Waals surface area contributed by atoms with Crippen molar-refractivity contribution in [3.8, 4) is 0 Å². The molecule has 0 fully saturated rings. The molecule has 0 radical (unpaired) electrons. The second-order valence-corrected chi connectivity index (χ2v) is 7.69. The van der Waals surface area contributed by atoms with Gasteiger partial charge in [-0.15, -0.1) is 0 Å². The Bertz CT molecular complexity index is 796. The molecule has 0 atom stereocenters. The molecule has 0 aliphatic heterocycles. The van der Waals surface area contributed by atoms with Crippen molar-refractivity contribution in [1.82, 2.24) is 14.9 Å². The van der Waals surface area contributed by atoms with Gasteiger partial charge < -0.3 is 14.6 Å². The molecular formula is C24H31N3O. The van der Waals surface area contributed by atoms with E-state index in [0.717, 1.165) is 32.5 Å². The summed E-state index contributed by atoms with van der Waals surface area (Å²) in [5.74, 6) is 0. The van der Waals surface area contributed by atoms with Gasteiger partial charge >= 0.3 is 0 Å². The quantitative estimate of drug-likeness (QED) is 0.498. The molecule has 0 amide bonds. The normalized spacial score (nSPS) is 11.6. The minimum atomic E-state index is -0.0444. The second kappa shape index (κ2) is 10.2. The summed E-state index contributed by atoms with van der Waals surface area (Å²) < 4.78 is 7.91. The summed E-state index contributed by atoms with van der Waals surface area (Å²) in [5.41, 5.74) is 3.80. The van der Waals surface area contributed by atoms with Crippen molar-refractivity contribution >= 4 is 0 Å². The molecule has 1 N–H and O–H groups in total. The highest BCUT2D eigenvalue weighted by Crippen LogP contribution is 2.20. The molecular weight excluding hydrogens is 346 g/mol. The topological polar surface area (TPSA) is 39.1 Å². The highest BCUT2D eigenvalue weighted by molar-refractivity contribution is 5.27. The van der Waals surface area contributed by atoms with Gasteiger partial charge in [-0.1, -0.05) is 54.6 Å². The summed E-state index contributed by atoms with van der Waals surface area (Å²) in [7, 11) is 0. The predicted molar refractivity (Wildman–Crippen MR) is 114 cm³/mol. The van der Waals surface area contributed by atoms with E-state index in [2.05, 4.69) is 65.1 Å². The first-order valence-corrected chi connectivity index (χ1v) is 10.1. The molecule has 0 saturated carbocycles. The molecule has 28 heavy (non-hydrogen) atoms. The fraction of sp³-hybridized carbons (Fsp3) is 0.375. The van der Waals surface area contributed by atoms with Crippen molar-refractivity contribution in [2.75, 3.05) is 13.2 Å². The molecule has 0 aliphatic carbocycles. The molecule has 0 aliphatic rings. The molecule has 4 heteroatoms. The second-order valence-electron chi connectivity index (χ2n) is 7.69. The third-order valence-electron chi connectivity index (χ3n) is 5.04. The van der Waals surface area contributed by atoms with Crippen LogP contribution in [0, 0.1) is 0 Å². The Kier molecular flexibility index (Phi) is 7.40. The lowest BCUT2D eigenvalue weighted by atomic mass is 9.93. The summed E-state index contributed by atoms with van der Waals surface area (Å²) in [4.78, 5) is 4.08. The van der Waals surface area contributed by atoms with Crippen LogP contribution in [-0.2, 0) is 29.8 Å². The van der Waals surface area contributed by atoms with E-state index in [9.17, 15) is 0 Å². The van der Waals surface area contributed by atoms with E-state index >= 15 is 0 Å². The van der Waals surface area contributed by atoms with Gasteiger partial charge in [0.05, 0.1) is 19.5 Å². The van der Waals surface area contributed by atoms with Gasteiger partial charge in [-0.25, -0.2) is 4.98 Å². The Labute approximate surface area is 168 Å². The van der Waals surface area contributed by atoms with Gasteiger partial charge in [-0.2, -0.15) is 0 Å². The maximum absolute atomic E-state index is 5.80. The summed E-state index contributed by atoms with van der Waals surface area (Å²) >= 11 is 0. The summed E-state index contributed by atoms with van der Waals surface area (Å²) in [6, 6.07) is 19.2. The molecule has 3 rings (SSSR count). The SMILES string of the molecule is CC(C)(NCCCn1ccnc1)c1ccc(CCOCc2ccccc2)cc1. The van der Waals surface area contributed by atoms with Gasteiger partial charge in [0, 0.05) is 24.5 Å². The molecule has 148 valence electrons. The number of nitrogens with zero attached hydrogens (tertiary/aromatic N) is 2. The molecule has 1 heterocycles. The monoisotopic (exact) mass is 377 g/mol. The summed E-state index contributed by atoms with van der Waals surface area (Å²) in [6.45, 7) is 7.86. The number of benzene rings is 2. The largest absolute Gasteiger partial charge is 0.376 e. The average molecular weight is 378 g/mol. The molecule has 1 aromatic heterocycles. The van der Waals surface area contributed by atoms with Crippen molar-refractivity contribution < 1.29 is 4.74 Å². The van der Waals surface area contributed by atoms with Crippen LogP contribution in [0.2, 0.25) is 0 Å². The fourth-order valence-corrected chi connectivity index (χ4v) is 3.23. The first-order valence-electron chi connectivity index (χ1n) is 10.1. The van der Waals surface area contributed by atoms with Crippen molar-refractivity contribution in [2.45, 2.75) is 45.4 Å². The van der Waals surface area contributed by atoms with Crippen LogP contribution in [0.4, 0.5) is 0 Å². The number of hydrogen-bond donors (Lipinski definition) is 1. The van der Waals surface area contributed by atoms with Crippen LogP contribution in [0.1, 0.15) is 37.0 Å². The zero-order valence-electron chi connectivity index (χ0n) is 17.0. The maximum atomic E-state index is 5.80. The van der Waals surface area contributed by atoms with Gasteiger partial charge in [0.1, 0.15) is 0 Å². The number of imidazole rings is 1. The third-order valence-corrected chi connectivity index (χ3v) is 5.04. The molecule has 0 saturated heterocycles. The van der Waals surface area contributed by atoms with Crippen molar-refractivity contribution in [2.24, 2.45) is 0 Å². The molecule has 0 bridgehead atoms. The smallest absolute Gasteiger partial charge is 0.0945 e. The van der Waals surface area contributed by atoms with E-state index in [1.54, 1.807) is 0 Å². The first kappa shape index (κ1) is 20.3. The molecule has 0 unspecified atom stereocenters. The number of nitrogens with one attached hydrogen (secondary N) is 1. The fourth-order valence-electron chi connectivity index (χ4n) is 3.23. The van der Waals surface area contributed by atoms with Crippen LogP contribution >= 0.6 is 0 Å². The van der Waals surface area contributed by atoms with Gasteiger partial charge in [0.25, 0.3) is 0 Å². The third kappa shape index (κ3) is 6.32. The molecule has 0 spiro atoms. The van der Waals surface area contributed by atoms with Gasteiger partial charge in [-0.05, 0) is 49.9 Å². The number of ether oxygens (including phenoxy) is 1. The van der Waals surface area contributed by atoms with Crippen LogP contribution < -0.4 is 5.32 Å². The van der Waals surface area contributed by atoms with E-state index in [-0.39, 0.29) is 5.54 Å². The zero-order chi connectivity index (χ0) is 19.7. The molecule has 3 aromatic rings. The Morgan fingerprint density at radius 1 is 1.00 bits per heavy atom. The van der Waals surface area contributed by atoms with E-state index in [0.29, 0.717) is 6.61 Å². The average Bonchev–Trinajstić information content (AvgIpc) is 3.23. The van der Waals surface area contributed by atoms with Gasteiger partial charge in [0.2, 0.25) is 0 Å². The van der Waals surface area contributed by atoms with Crippen LogP contribution in [-0.4, -0.2) is 22.7 Å². The number of aromatic nitrogens is 2. The number of hydrogen-bond acceptors (Lipinski definition) is 3. The van der Waals surface area contributed by atoms with Crippen molar-refractivity contribution in [3.63, 3.8) is 0 Å². The Morgan fingerprint density at radius 2 is 1.79 bits per heavy atom. The Morgan fingerprint density at radius 3 is 2.50 bits per heavy atom. The first-order chi connectivity index (χ1) is 13.6. The number of rotatable bonds is 11. The molecule has 4 nitrogen and oxygen atoms in total.